The summed E-state index contributed by atoms with van der Waals surface area (Å²) in [6, 6.07) is -0.250. The number of aliphatic hydroxyl groups is 2. The van der Waals surface area contributed by atoms with E-state index in [0.29, 0.717) is 0 Å². The maximum atomic E-state index is 8.64. The van der Waals surface area contributed by atoms with Crippen molar-refractivity contribution in [1.29, 1.82) is 0 Å². The smallest absolute Gasteiger partial charge is 0.289 e. The average molecular weight is 114 g/mol. The van der Waals surface area contributed by atoms with Crippen LogP contribution in [0.5, 0.6) is 0 Å². The minimum absolute atomic E-state index is 0.250. The number of aliphatic imine (C=N–C) groups is 1. The second kappa shape index (κ2) is 1.83. The first-order valence-corrected chi connectivity index (χ1v) is 2.17. The van der Waals surface area contributed by atoms with Crippen molar-refractivity contribution in [3.63, 3.8) is 0 Å². The largest absolute Gasteiger partial charge is 0.481 e. The fourth-order valence-electron chi connectivity index (χ4n) is 0.413. The second-order valence-corrected chi connectivity index (χ2v) is 1.38. The highest BCUT2D eigenvalue weighted by Gasteiger charge is 2.02. The lowest BCUT2D eigenvalue weighted by Crippen LogP contribution is -2.34. The van der Waals surface area contributed by atoms with Crippen molar-refractivity contribution in [3.05, 3.63) is 12.3 Å². The third kappa shape index (κ3) is 0.974. The zero-order chi connectivity index (χ0) is 5.98. The van der Waals surface area contributed by atoms with Crippen LogP contribution in [0.2, 0.25) is 0 Å². The Hall–Kier alpha value is -1.03. The van der Waals surface area contributed by atoms with Crippen molar-refractivity contribution in [2.45, 2.75) is 6.23 Å². The lowest BCUT2D eigenvalue weighted by molar-refractivity contribution is 0.198. The number of amidine groups is 1. The van der Waals surface area contributed by atoms with E-state index in [0.717, 1.165) is 0 Å². The molecule has 0 aromatic carbocycles. The van der Waals surface area contributed by atoms with Gasteiger partial charge in [0.15, 0.2) is 0 Å². The van der Waals surface area contributed by atoms with Gasteiger partial charge in [-0.1, -0.05) is 0 Å². The molecule has 1 rings (SSSR count). The number of rotatable bonds is 0. The van der Waals surface area contributed by atoms with Gasteiger partial charge in [-0.15, -0.1) is 0 Å². The van der Waals surface area contributed by atoms with Gasteiger partial charge in [-0.2, -0.15) is 0 Å². The molecular weight excluding hydrogens is 108 g/mol. The van der Waals surface area contributed by atoms with E-state index in [2.05, 4.69) is 10.3 Å². The van der Waals surface area contributed by atoms with E-state index in [1.54, 1.807) is 0 Å². The van der Waals surface area contributed by atoms with Crippen LogP contribution in [0, 0.1) is 0 Å². The molecule has 8 heavy (non-hydrogen) atoms. The Morgan fingerprint density at radius 3 is 2.88 bits per heavy atom. The topological polar surface area (TPSA) is 64.9 Å². The van der Waals surface area contributed by atoms with Gasteiger partial charge in [0.2, 0.25) is 0 Å². The molecule has 44 valence electrons. The maximum absolute atomic E-state index is 8.64. The molecule has 0 bridgehead atoms. The highest BCUT2D eigenvalue weighted by molar-refractivity contribution is 5.73. The Morgan fingerprint density at radius 2 is 2.50 bits per heavy atom. The highest BCUT2D eigenvalue weighted by Crippen LogP contribution is 1.88. The zero-order valence-electron chi connectivity index (χ0n) is 4.07. The quantitative estimate of drug-likeness (QED) is 0.391. The summed E-state index contributed by atoms with van der Waals surface area (Å²) in [5.41, 5.74) is 0. The number of nitrogens with zero attached hydrogens (tertiary/aromatic N) is 1. The standard InChI is InChI=1S/C4H6N2O2/c7-3-1-2-5-4(8)6-3/h1-3,7H,(H2,5,6,8). The third-order valence-corrected chi connectivity index (χ3v) is 0.742. The molecular formula is C4H6N2O2. The van der Waals surface area contributed by atoms with Gasteiger partial charge in [-0.05, 0) is 6.08 Å². The first-order chi connectivity index (χ1) is 3.79. The molecule has 1 heterocycles. The van der Waals surface area contributed by atoms with Crippen molar-refractivity contribution in [2.24, 2.45) is 4.99 Å². The van der Waals surface area contributed by atoms with Crippen molar-refractivity contribution in [3.8, 4) is 0 Å². The molecule has 0 saturated carbocycles. The van der Waals surface area contributed by atoms with Crippen molar-refractivity contribution < 1.29 is 10.2 Å². The summed E-state index contributed by atoms with van der Waals surface area (Å²) in [6.45, 7) is 0. The molecule has 0 saturated heterocycles. The van der Waals surface area contributed by atoms with Crippen LogP contribution in [-0.2, 0) is 0 Å². The predicted molar refractivity (Wildman–Crippen MR) is 28.3 cm³/mol. The van der Waals surface area contributed by atoms with E-state index >= 15 is 0 Å². The zero-order valence-corrected chi connectivity index (χ0v) is 4.07. The van der Waals surface area contributed by atoms with Crippen molar-refractivity contribution in [1.82, 2.24) is 5.32 Å². The van der Waals surface area contributed by atoms with E-state index < -0.39 is 6.23 Å². The summed E-state index contributed by atoms with van der Waals surface area (Å²) in [6.07, 6.45) is 1.95. The number of aliphatic hydroxyl groups excluding tert-OH is 2. The Morgan fingerprint density at radius 1 is 1.75 bits per heavy atom. The van der Waals surface area contributed by atoms with E-state index in [9.17, 15) is 0 Å². The van der Waals surface area contributed by atoms with Crippen LogP contribution in [0.4, 0.5) is 0 Å². The summed E-state index contributed by atoms with van der Waals surface area (Å²) in [4.78, 5) is 3.40. The van der Waals surface area contributed by atoms with Crippen molar-refractivity contribution in [2.75, 3.05) is 0 Å². The SMILES string of the molecule is OC1=NC=CC(O)N1. The molecule has 4 heteroatoms. The monoisotopic (exact) mass is 114 g/mol. The average Bonchev–Trinajstić information content (AvgIpc) is 1.64. The number of nitrogens with one attached hydrogen (secondary N) is 1. The first kappa shape index (κ1) is 5.11. The molecule has 0 aliphatic carbocycles. The molecule has 1 atom stereocenters. The summed E-state index contributed by atoms with van der Waals surface area (Å²) < 4.78 is 0. The van der Waals surface area contributed by atoms with E-state index in [4.69, 9.17) is 10.2 Å². The van der Waals surface area contributed by atoms with Crippen LogP contribution in [0.25, 0.3) is 0 Å². The van der Waals surface area contributed by atoms with Crippen LogP contribution in [-0.4, -0.2) is 22.5 Å². The number of hydrogen-bond acceptors (Lipinski definition) is 3. The van der Waals surface area contributed by atoms with E-state index in [-0.39, 0.29) is 6.02 Å². The normalized spacial score (nSPS) is 26.6. The van der Waals surface area contributed by atoms with Gasteiger partial charge in [0.05, 0.1) is 0 Å². The Labute approximate surface area is 46.2 Å². The summed E-state index contributed by atoms with van der Waals surface area (Å²) in [5.74, 6) is 0. The van der Waals surface area contributed by atoms with Gasteiger partial charge in [0, 0.05) is 6.20 Å². The molecule has 0 aromatic rings. The van der Waals surface area contributed by atoms with Crippen LogP contribution in [0.15, 0.2) is 17.3 Å². The summed E-state index contributed by atoms with van der Waals surface area (Å²) in [5, 5.41) is 19.4. The lowest BCUT2D eigenvalue weighted by atomic mass is 10.5. The molecule has 0 fully saturated rings. The van der Waals surface area contributed by atoms with Gasteiger partial charge in [0.1, 0.15) is 6.23 Å². The van der Waals surface area contributed by atoms with Crippen LogP contribution >= 0.6 is 0 Å². The molecule has 3 N–H and O–H groups in total. The number of hydrogen-bond donors (Lipinski definition) is 3. The molecule has 1 aliphatic rings. The fraction of sp³-hybridized carbons (Fsp3) is 0.250. The van der Waals surface area contributed by atoms with Crippen LogP contribution in [0.3, 0.4) is 0 Å². The molecule has 0 aromatic heterocycles. The molecule has 4 nitrogen and oxygen atoms in total. The Kier molecular flexibility index (Phi) is 1.17. The lowest BCUT2D eigenvalue weighted by Gasteiger charge is -2.09. The minimum atomic E-state index is -0.799. The van der Waals surface area contributed by atoms with Gasteiger partial charge >= 0.3 is 0 Å². The Balaban J connectivity index is 2.59. The second-order valence-electron chi connectivity index (χ2n) is 1.38. The molecule has 0 spiro atoms. The maximum Gasteiger partial charge on any atom is 0.289 e. The summed E-state index contributed by atoms with van der Waals surface area (Å²) in [7, 11) is 0. The first-order valence-electron chi connectivity index (χ1n) is 2.17. The van der Waals surface area contributed by atoms with Crippen LogP contribution < -0.4 is 5.32 Å². The van der Waals surface area contributed by atoms with Crippen molar-refractivity contribution >= 4 is 6.02 Å². The van der Waals surface area contributed by atoms with Gasteiger partial charge in [-0.3, -0.25) is 0 Å². The molecule has 1 aliphatic heterocycles. The molecule has 0 radical (unpaired) electrons. The van der Waals surface area contributed by atoms with E-state index in [1.165, 1.54) is 12.3 Å². The predicted octanol–water partition coefficient (Wildman–Crippen LogP) is -0.664. The minimum Gasteiger partial charge on any atom is -0.481 e. The highest BCUT2D eigenvalue weighted by atomic mass is 16.3. The fourth-order valence-corrected chi connectivity index (χ4v) is 0.413. The van der Waals surface area contributed by atoms with E-state index in [1.807, 2.05) is 0 Å². The van der Waals surface area contributed by atoms with Gasteiger partial charge < -0.3 is 15.5 Å². The molecule has 1 unspecified atom stereocenters. The van der Waals surface area contributed by atoms with Gasteiger partial charge in [-0.25, -0.2) is 4.99 Å². The van der Waals surface area contributed by atoms with Gasteiger partial charge in [0.25, 0.3) is 6.02 Å². The Bertz CT molecular complexity index is 141. The molecule has 0 amide bonds. The van der Waals surface area contributed by atoms with Crippen LogP contribution in [0.1, 0.15) is 0 Å². The summed E-state index contributed by atoms with van der Waals surface area (Å²) >= 11 is 0. The third-order valence-electron chi connectivity index (χ3n) is 0.742.